The van der Waals surface area contributed by atoms with Crippen LogP contribution in [0.25, 0.3) is 11.0 Å². The minimum Gasteiger partial charge on any atom is -0.335 e. The molecule has 0 unspecified atom stereocenters. The topological polar surface area (TPSA) is 35.2 Å². The molecule has 7 heteroatoms. The Kier molecular flexibility index (Phi) is 4.00. The molecule has 24 heavy (non-hydrogen) atoms. The lowest BCUT2D eigenvalue weighted by atomic mass is 9.99. The highest BCUT2D eigenvalue weighted by Crippen LogP contribution is 2.36. The van der Waals surface area contributed by atoms with Gasteiger partial charge in [-0.25, -0.2) is 4.98 Å². The Morgan fingerprint density at radius 1 is 1.21 bits per heavy atom. The summed E-state index contributed by atoms with van der Waals surface area (Å²) >= 11 is 0. The fourth-order valence-electron chi connectivity index (χ4n) is 4.07. The molecule has 0 radical (unpaired) electrons. The number of aromatic amines is 1. The molecule has 4 rings (SSSR count). The Morgan fingerprint density at radius 3 is 2.92 bits per heavy atom. The Morgan fingerprint density at radius 2 is 2.08 bits per heavy atom. The minimum atomic E-state index is -4.39. The van der Waals surface area contributed by atoms with Crippen LogP contribution in [0.5, 0.6) is 0 Å². The lowest BCUT2D eigenvalue weighted by Crippen LogP contribution is -2.54. The van der Waals surface area contributed by atoms with E-state index in [1.54, 1.807) is 12.1 Å². The SMILES string of the molecule is FC(F)(F)c1[nH]c2ncccc2c1CN1CCN2CCCC[C@@H]2C1. The highest BCUT2D eigenvalue weighted by atomic mass is 19.4. The maximum absolute atomic E-state index is 13.4. The van der Waals surface area contributed by atoms with E-state index in [2.05, 4.69) is 19.8 Å². The summed E-state index contributed by atoms with van der Waals surface area (Å²) in [5.41, 5.74) is -0.00624. The van der Waals surface area contributed by atoms with Gasteiger partial charge in [0.15, 0.2) is 0 Å². The highest BCUT2D eigenvalue weighted by Gasteiger charge is 2.38. The number of rotatable bonds is 2. The van der Waals surface area contributed by atoms with E-state index < -0.39 is 11.9 Å². The number of nitrogens with zero attached hydrogens (tertiary/aromatic N) is 3. The third-order valence-electron chi connectivity index (χ3n) is 5.26. The molecular weight excluding hydrogens is 317 g/mol. The normalized spacial score (nSPS) is 23.5. The molecular formula is C17H21F3N4. The summed E-state index contributed by atoms with van der Waals surface area (Å²) in [5, 5.41) is 0.580. The lowest BCUT2D eigenvalue weighted by molar-refractivity contribution is -0.141. The first kappa shape index (κ1) is 15.9. The zero-order valence-electron chi connectivity index (χ0n) is 13.4. The van der Waals surface area contributed by atoms with Crippen LogP contribution in [0.3, 0.4) is 0 Å². The molecule has 1 atom stereocenters. The van der Waals surface area contributed by atoms with Crippen molar-refractivity contribution in [1.82, 2.24) is 19.8 Å². The smallest absolute Gasteiger partial charge is 0.335 e. The van der Waals surface area contributed by atoms with Gasteiger partial charge in [-0.1, -0.05) is 6.42 Å². The van der Waals surface area contributed by atoms with Crippen LogP contribution in [0.4, 0.5) is 13.2 Å². The molecule has 0 spiro atoms. The van der Waals surface area contributed by atoms with Gasteiger partial charge < -0.3 is 4.98 Å². The third kappa shape index (κ3) is 2.91. The first-order chi connectivity index (χ1) is 11.5. The van der Waals surface area contributed by atoms with Gasteiger partial charge in [0.2, 0.25) is 0 Å². The second kappa shape index (κ2) is 6.04. The maximum atomic E-state index is 13.4. The second-order valence-electron chi connectivity index (χ2n) is 6.80. The molecule has 0 bridgehead atoms. The number of aromatic nitrogens is 2. The summed E-state index contributed by atoms with van der Waals surface area (Å²) in [4.78, 5) is 11.2. The first-order valence-electron chi connectivity index (χ1n) is 8.51. The van der Waals surface area contributed by atoms with Crippen molar-refractivity contribution in [3.8, 4) is 0 Å². The Hall–Kier alpha value is -1.60. The van der Waals surface area contributed by atoms with E-state index in [0.29, 0.717) is 29.2 Å². The average molecular weight is 338 g/mol. The third-order valence-corrected chi connectivity index (χ3v) is 5.26. The Bertz CT molecular complexity index is 724. The summed E-state index contributed by atoms with van der Waals surface area (Å²) in [7, 11) is 0. The van der Waals surface area contributed by atoms with E-state index in [1.807, 2.05) is 0 Å². The van der Waals surface area contributed by atoms with Crippen LogP contribution in [-0.4, -0.2) is 52.0 Å². The van der Waals surface area contributed by atoms with Crippen molar-refractivity contribution in [2.45, 2.75) is 38.0 Å². The summed E-state index contributed by atoms with van der Waals surface area (Å²) in [6, 6.07) is 3.91. The molecule has 4 nitrogen and oxygen atoms in total. The van der Waals surface area contributed by atoms with Crippen LogP contribution in [0, 0.1) is 0 Å². The van der Waals surface area contributed by atoms with Gasteiger partial charge in [-0.05, 0) is 31.5 Å². The van der Waals surface area contributed by atoms with Gasteiger partial charge in [-0.3, -0.25) is 9.80 Å². The van der Waals surface area contributed by atoms with Crippen molar-refractivity contribution in [2.24, 2.45) is 0 Å². The van der Waals surface area contributed by atoms with Gasteiger partial charge in [0, 0.05) is 49.4 Å². The molecule has 1 N–H and O–H groups in total. The molecule has 2 aromatic heterocycles. The molecule has 4 heterocycles. The van der Waals surface area contributed by atoms with E-state index >= 15 is 0 Å². The van der Waals surface area contributed by atoms with E-state index in [-0.39, 0.29) is 0 Å². The van der Waals surface area contributed by atoms with Crippen molar-refractivity contribution in [3.05, 3.63) is 29.6 Å². The van der Waals surface area contributed by atoms with Gasteiger partial charge in [0.05, 0.1) is 0 Å². The minimum absolute atomic E-state index is 0.316. The lowest BCUT2D eigenvalue weighted by Gasteiger charge is -2.44. The van der Waals surface area contributed by atoms with Crippen molar-refractivity contribution in [1.29, 1.82) is 0 Å². The van der Waals surface area contributed by atoms with Crippen LogP contribution < -0.4 is 0 Å². The average Bonchev–Trinajstić information content (AvgIpc) is 2.94. The number of piperazine rings is 1. The number of alkyl halides is 3. The summed E-state index contributed by atoms with van der Waals surface area (Å²) in [6.07, 6.45) is 0.743. The first-order valence-corrected chi connectivity index (χ1v) is 8.51. The van der Waals surface area contributed by atoms with E-state index in [0.717, 1.165) is 32.6 Å². The number of nitrogens with one attached hydrogen (secondary N) is 1. The summed E-state index contributed by atoms with van der Waals surface area (Å²) in [6.45, 7) is 4.08. The molecule has 0 aromatic carbocycles. The summed E-state index contributed by atoms with van der Waals surface area (Å²) in [5.74, 6) is 0. The van der Waals surface area contributed by atoms with Crippen LogP contribution in [0.2, 0.25) is 0 Å². The molecule has 0 aliphatic carbocycles. The number of hydrogen-bond donors (Lipinski definition) is 1. The van der Waals surface area contributed by atoms with Gasteiger partial charge >= 0.3 is 6.18 Å². The maximum Gasteiger partial charge on any atom is 0.431 e. The molecule has 130 valence electrons. The molecule has 0 amide bonds. The van der Waals surface area contributed by atoms with Crippen LogP contribution in [-0.2, 0) is 12.7 Å². The van der Waals surface area contributed by atoms with Gasteiger partial charge in [0.1, 0.15) is 11.3 Å². The zero-order valence-corrected chi connectivity index (χ0v) is 13.4. The number of fused-ring (bicyclic) bond motifs is 2. The molecule has 2 fully saturated rings. The van der Waals surface area contributed by atoms with E-state index in [9.17, 15) is 13.2 Å². The van der Waals surface area contributed by atoms with Crippen molar-refractivity contribution < 1.29 is 13.2 Å². The number of pyridine rings is 1. The van der Waals surface area contributed by atoms with Crippen LogP contribution in [0.15, 0.2) is 18.3 Å². The zero-order chi connectivity index (χ0) is 16.7. The monoisotopic (exact) mass is 338 g/mol. The standard InChI is InChI=1S/C17H21F3N4/c18-17(19,20)15-14(13-5-3-6-21-16(13)22-15)11-23-8-9-24-7-2-1-4-12(24)10-23/h3,5-6,12H,1-2,4,7-11H2,(H,21,22)/t12-/m1/s1. The van der Waals surface area contributed by atoms with Crippen molar-refractivity contribution >= 4 is 11.0 Å². The molecule has 2 aliphatic rings. The number of piperidine rings is 1. The predicted molar refractivity (Wildman–Crippen MR) is 85.6 cm³/mol. The predicted octanol–water partition coefficient (Wildman–Crippen LogP) is 3.25. The molecule has 2 saturated heterocycles. The molecule has 0 saturated carbocycles. The Balaban J connectivity index is 1.62. The van der Waals surface area contributed by atoms with Crippen molar-refractivity contribution in [3.63, 3.8) is 0 Å². The Labute approximate surface area is 138 Å². The fraction of sp³-hybridized carbons (Fsp3) is 0.588. The number of hydrogen-bond acceptors (Lipinski definition) is 3. The second-order valence-corrected chi connectivity index (χ2v) is 6.80. The number of halogens is 3. The van der Waals surface area contributed by atoms with Gasteiger partial charge in [-0.2, -0.15) is 13.2 Å². The van der Waals surface area contributed by atoms with E-state index in [1.165, 1.54) is 19.0 Å². The fourth-order valence-corrected chi connectivity index (χ4v) is 4.07. The number of H-pyrrole nitrogens is 1. The summed E-state index contributed by atoms with van der Waals surface area (Å²) < 4.78 is 40.3. The van der Waals surface area contributed by atoms with Gasteiger partial charge in [0.25, 0.3) is 0 Å². The quantitative estimate of drug-likeness (QED) is 0.913. The van der Waals surface area contributed by atoms with Crippen LogP contribution >= 0.6 is 0 Å². The highest BCUT2D eigenvalue weighted by molar-refractivity contribution is 5.81. The molecule has 2 aliphatic heterocycles. The van der Waals surface area contributed by atoms with Crippen LogP contribution in [0.1, 0.15) is 30.5 Å². The van der Waals surface area contributed by atoms with E-state index in [4.69, 9.17) is 0 Å². The van der Waals surface area contributed by atoms with Crippen molar-refractivity contribution in [2.75, 3.05) is 26.2 Å². The molecule has 2 aromatic rings. The van der Waals surface area contributed by atoms with Gasteiger partial charge in [-0.15, -0.1) is 0 Å². The largest absolute Gasteiger partial charge is 0.431 e.